The van der Waals surface area contributed by atoms with Crippen molar-refractivity contribution < 1.29 is 19.1 Å². The molecule has 0 saturated heterocycles. The Kier molecular flexibility index (Phi) is 5.09. The van der Waals surface area contributed by atoms with Gasteiger partial charge in [0.15, 0.2) is 0 Å². The zero-order chi connectivity index (χ0) is 15.9. The average Bonchev–Trinajstić information content (AvgIpc) is 2.59. The van der Waals surface area contributed by atoms with Crippen LogP contribution in [-0.4, -0.2) is 26.2 Å². The third-order valence-corrected chi connectivity index (χ3v) is 3.14. The normalized spacial score (nSPS) is 10.9. The minimum Gasteiger partial charge on any atom is -0.465 e. The van der Waals surface area contributed by atoms with E-state index in [0.717, 1.165) is 5.56 Å². The molecule has 0 amide bonds. The lowest BCUT2D eigenvalue weighted by Crippen LogP contribution is -2.10. The maximum Gasteiger partial charge on any atom is 0.338 e. The average molecular weight is 296 g/mol. The van der Waals surface area contributed by atoms with Crippen molar-refractivity contribution in [2.75, 3.05) is 14.2 Å². The summed E-state index contributed by atoms with van der Waals surface area (Å²) in [4.78, 5) is 24.0. The third kappa shape index (κ3) is 3.41. The quantitative estimate of drug-likeness (QED) is 0.494. The number of rotatable bonds is 4. The van der Waals surface area contributed by atoms with Crippen LogP contribution in [0, 0.1) is 0 Å². The molecule has 4 nitrogen and oxygen atoms in total. The highest BCUT2D eigenvalue weighted by Gasteiger charge is 2.19. The molecule has 0 fully saturated rings. The SMILES string of the molecule is COC(=O)/C(=C\c1ccccc1)c1ccccc1C(=O)OC. The lowest BCUT2D eigenvalue weighted by Gasteiger charge is -2.10. The molecule has 2 rings (SSSR count). The molecular formula is C18H16O4. The lowest BCUT2D eigenvalue weighted by molar-refractivity contribution is -0.133. The van der Waals surface area contributed by atoms with E-state index in [1.807, 2.05) is 30.3 Å². The summed E-state index contributed by atoms with van der Waals surface area (Å²) < 4.78 is 9.62. The summed E-state index contributed by atoms with van der Waals surface area (Å²) in [5, 5.41) is 0. The van der Waals surface area contributed by atoms with Crippen LogP contribution in [0.3, 0.4) is 0 Å². The van der Waals surface area contributed by atoms with E-state index in [-0.39, 0.29) is 0 Å². The first-order valence-corrected chi connectivity index (χ1v) is 6.70. The summed E-state index contributed by atoms with van der Waals surface area (Å²) in [7, 11) is 2.61. The second-order valence-electron chi connectivity index (χ2n) is 4.50. The molecule has 0 aliphatic rings. The Morgan fingerprint density at radius 3 is 2.00 bits per heavy atom. The van der Waals surface area contributed by atoms with Gasteiger partial charge in [0.05, 0.1) is 25.4 Å². The first kappa shape index (κ1) is 15.5. The molecule has 2 aromatic carbocycles. The van der Waals surface area contributed by atoms with Crippen molar-refractivity contribution in [1.82, 2.24) is 0 Å². The first-order valence-electron chi connectivity index (χ1n) is 6.70. The fraction of sp³-hybridized carbons (Fsp3) is 0.111. The number of hydrogen-bond donors (Lipinski definition) is 0. The predicted octanol–water partition coefficient (Wildman–Crippen LogP) is 3.19. The second-order valence-corrected chi connectivity index (χ2v) is 4.50. The molecule has 0 heterocycles. The maximum atomic E-state index is 12.1. The van der Waals surface area contributed by atoms with Crippen molar-refractivity contribution in [3.8, 4) is 0 Å². The third-order valence-electron chi connectivity index (χ3n) is 3.14. The fourth-order valence-corrected chi connectivity index (χ4v) is 2.08. The molecule has 22 heavy (non-hydrogen) atoms. The Morgan fingerprint density at radius 2 is 1.41 bits per heavy atom. The summed E-state index contributed by atoms with van der Waals surface area (Å²) in [6, 6.07) is 16.1. The number of ether oxygens (including phenoxy) is 2. The molecule has 0 aliphatic carbocycles. The van der Waals surface area contributed by atoms with Gasteiger partial charge < -0.3 is 9.47 Å². The van der Waals surface area contributed by atoms with Gasteiger partial charge in [-0.3, -0.25) is 0 Å². The van der Waals surface area contributed by atoms with E-state index in [4.69, 9.17) is 9.47 Å². The number of esters is 2. The van der Waals surface area contributed by atoms with E-state index in [1.54, 1.807) is 30.3 Å². The van der Waals surface area contributed by atoms with Crippen LogP contribution >= 0.6 is 0 Å². The van der Waals surface area contributed by atoms with E-state index in [0.29, 0.717) is 16.7 Å². The van der Waals surface area contributed by atoms with Crippen LogP contribution in [-0.2, 0) is 14.3 Å². The number of carbonyl (C=O) groups excluding carboxylic acids is 2. The molecule has 2 aromatic rings. The van der Waals surface area contributed by atoms with Crippen LogP contribution in [0.2, 0.25) is 0 Å². The predicted molar refractivity (Wildman–Crippen MR) is 84.1 cm³/mol. The van der Waals surface area contributed by atoms with Gasteiger partial charge >= 0.3 is 11.9 Å². The highest BCUT2D eigenvalue weighted by Crippen LogP contribution is 2.24. The van der Waals surface area contributed by atoms with Crippen LogP contribution in [0.15, 0.2) is 54.6 Å². The summed E-state index contributed by atoms with van der Waals surface area (Å²) in [6.07, 6.45) is 1.69. The highest BCUT2D eigenvalue weighted by molar-refractivity contribution is 6.23. The van der Waals surface area contributed by atoms with E-state index in [1.165, 1.54) is 14.2 Å². The molecule has 0 unspecified atom stereocenters. The standard InChI is InChI=1S/C18H16O4/c1-21-17(19)15-11-7-6-10-14(15)16(18(20)22-2)12-13-8-4-3-5-9-13/h3-12H,1-2H3/b16-12-. The minimum atomic E-state index is -0.514. The summed E-state index contributed by atoms with van der Waals surface area (Å²) in [5.74, 6) is -1.02. The Labute approximate surface area is 129 Å². The van der Waals surface area contributed by atoms with E-state index >= 15 is 0 Å². The van der Waals surface area contributed by atoms with Crippen molar-refractivity contribution in [3.63, 3.8) is 0 Å². The monoisotopic (exact) mass is 296 g/mol. The van der Waals surface area contributed by atoms with Crippen LogP contribution < -0.4 is 0 Å². The topological polar surface area (TPSA) is 52.6 Å². The maximum absolute atomic E-state index is 12.1. The highest BCUT2D eigenvalue weighted by atomic mass is 16.5. The summed E-state index contributed by atoms with van der Waals surface area (Å²) in [5.41, 5.74) is 1.93. The van der Waals surface area contributed by atoms with Crippen molar-refractivity contribution >= 4 is 23.6 Å². The van der Waals surface area contributed by atoms with Gasteiger partial charge in [-0.05, 0) is 17.7 Å². The molecule has 0 aliphatic heterocycles. The fourth-order valence-electron chi connectivity index (χ4n) is 2.08. The van der Waals surface area contributed by atoms with Crippen LogP contribution in [0.4, 0.5) is 0 Å². The van der Waals surface area contributed by atoms with Gasteiger partial charge in [-0.15, -0.1) is 0 Å². The second kappa shape index (κ2) is 7.22. The number of benzene rings is 2. The van der Waals surface area contributed by atoms with Crippen molar-refractivity contribution in [1.29, 1.82) is 0 Å². The number of methoxy groups -OCH3 is 2. The van der Waals surface area contributed by atoms with E-state index in [9.17, 15) is 9.59 Å². The van der Waals surface area contributed by atoms with Gasteiger partial charge in [-0.1, -0.05) is 48.5 Å². The Balaban J connectivity index is 2.59. The molecule has 0 bridgehead atoms. The molecular weight excluding hydrogens is 280 g/mol. The minimum absolute atomic E-state index is 0.301. The zero-order valence-corrected chi connectivity index (χ0v) is 12.4. The molecule has 0 saturated carbocycles. The molecule has 0 spiro atoms. The summed E-state index contributed by atoms with van der Waals surface area (Å²) in [6.45, 7) is 0. The largest absolute Gasteiger partial charge is 0.465 e. The smallest absolute Gasteiger partial charge is 0.338 e. The van der Waals surface area contributed by atoms with Crippen LogP contribution in [0.5, 0.6) is 0 Å². The van der Waals surface area contributed by atoms with Crippen LogP contribution in [0.1, 0.15) is 21.5 Å². The number of carbonyl (C=O) groups is 2. The number of hydrogen-bond acceptors (Lipinski definition) is 4. The van der Waals surface area contributed by atoms with Gasteiger partial charge in [0, 0.05) is 5.56 Å². The Morgan fingerprint density at radius 1 is 0.818 bits per heavy atom. The van der Waals surface area contributed by atoms with Gasteiger partial charge in [-0.2, -0.15) is 0 Å². The molecule has 4 heteroatoms. The van der Waals surface area contributed by atoms with Crippen molar-refractivity contribution in [2.45, 2.75) is 0 Å². The molecule has 0 atom stereocenters. The molecule has 0 aromatic heterocycles. The van der Waals surface area contributed by atoms with Gasteiger partial charge in [-0.25, -0.2) is 9.59 Å². The van der Waals surface area contributed by atoms with Gasteiger partial charge in [0.2, 0.25) is 0 Å². The van der Waals surface area contributed by atoms with Crippen molar-refractivity contribution in [3.05, 3.63) is 71.3 Å². The lowest BCUT2D eigenvalue weighted by atomic mass is 9.97. The zero-order valence-electron chi connectivity index (χ0n) is 12.4. The molecule has 0 N–H and O–H groups in total. The van der Waals surface area contributed by atoms with E-state index < -0.39 is 11.9 Å². The molecule has 112 valence electrons. The van der Waals surface area contributed by atoms with Crippen LogP contribution in [0.25, 0.3) is 11.6 Å². The Hall–Kier alpha value is -2.88. The first-order chi connectivity index (χ1) is 10.7. The van der Waals surface area contributed by atoms with Gasteiger partial charge in [0.25, 0.3) is 0 Å². The Bertz CT molecular complexity index is 702. The molecule has 0 radical (unpaired) electrons. The van der Waals surface area contributed by atoms with E-state index in [2.05, 4.69) is 0 Å². The van der Waals surface area contributed by atoms with Gasteiger partial charge in [0.1, 0.15) is 0 Å². The summed E-state index contributed by atoms with van der Waals surface area (Å²) >= 11 is 0. The van der Waals surface area contributed by atoms with Crippen molar-refractivity contribution in [2.24, 2.45) is 0 Å².